The molecule has 0 saturated carbocycles. The van der Waals surface area contributed by atoms with Gasteiger partial charge in [0.25, 0.3) is 5.91 Å². The Balaban J connectivity index is 1.89. The molecule has 1 amide bonds. The Hall–Kier alpha value is -3.99. The van der Waals surface area contributed by atoms with Crippen LogP contribution in [0.4, 0.5) is 5.69 Å². The van der Waals surface area contributed by atoms with Gasteiger partial charge in [0, 0.05) is 41.9 Å². The van der Waals surface area contributed by atoms with Crippen molar-refractivity contribution in [2.24, 2.45) is 0 Å². The van der Waals surface area contributed by atoms with Crippen molar-refractivity contribution >= 4 is 11.6 Å². The molecule has 0 spiro atoms. The van der Waals surface area contributed by atoms with Gasteiger partial charge >= 0.3 is 0 Å². The van der Waals surface area contributed by atoms with Gasteiger partial charge in [0.15, 0.2) is 5.43 Å². The summed E-state index contributed by atoms with van der Waals surface area (Å²) in [6.07, 6.45) is 3.37. The van der Waals surface area contributed by atoms with E-state index in [0.717, 1.165) is 27.9 Å². The van der Waals surface area contributed by atoms with Crippen LogP contribution in [0.2, 0.25) is 0 Å². The number of pyridine rings is 2. The van der Waals surface area contributed by atoms with Gasteiger partial charge in [-0.3, -0.25) is 14.6 Å². The molecular formula is C28H27N3O2. The summed E-state index contributed by atoms with van der Waals surface area (Å²) in [5.74, 6) is -0.426. The third kappa shape index (κ3) is 4.62. The first kappa shape index (κ1) is 22.2. The maximum absolute atomic E-state index is 13.5. The summed E-state index contributed by atoms with van der Waals surface area (Å²) in [7, 11) is 0. The van der Waals surface area contributed by atoms with Gasteiger partial charge in [-0.1, -0.05) is 42.0 Å². The van der Waals surface area contributed by atoms with Crippen molar-refractivity contribution in [3.05, 3.63) is 117 Å². The van der Waals surface area contributed by atoms with Gasteiger partial charge in [0.2, 0.25) is 0 Å². The minimum atomic E-state index is -0.426. The van der Waals surface area contributed by atoms with Crippen LogP contribution in [-0.4, -0.2) is 15.5 Å². The van der Waals surface area contributed by atoms with Crippen molar-refractivity contribution in [1.82, 2.24) is 9.55 Å². The number of benzene rings is 2. The fourth-order valence-corrected chi connectivity index (χ4v) is 3.94. The Morgan fingerprint density at radius 3 is 2.42 bits per heavy atom. The predicted octanol–water partition coefficient (Wildman–Crippen LogP) is 5.44. The number of aryl methyl sites for hydroxylation is 3. The molecule has 1 N–H and O–H groups in total. The number of nitrogens with one attached hydrogen (secondary N) is 1. The number of aromatic nitrogens is 2. The molecule has 5 heteroatoms. The highest BCUT2D eigenvalue weighted by Crippen LogP contribution is 2.26. The molecule has 0 aliphatic rings. The van der Waals surface area contributed by atoms with Crippen molar-refractivity contribution in [3.63, 3.8) is 0 Å². The van der Waals surface area contributed by atoms with Crippen LogP contribution in [0.3, 0.4) is 0 Å². The van der Waals surface area contributed by atoms with Gasteiger partial charge in [0.05, 0.1) is 5.69 Å². The Morgan fingerprint density at radius 1 is 0.970 bits per heavy atom. The molecule has 0 saturated heterocycles. The molecule has 0 aliphatic carbocycles. The summed E-state index contributed by atoms with van der Waals surface area (Å²) in [5, 5.41) is 2.96. The van der Waals surface area contributed by atoms with E-state index in [1.165, 1.54) is 11.6 Å². The number of anilines is 1. The topological polar surface area (TPSA) is 64.0 Å². The zero-order chi connectivity index (χ0) is 23.5. The molecule has 4 aromatic rings. The van der Waals surface area contributed by atoms with Gasteiger partial charge in [-0.2, -0.15) is 0 Å². The zero-order valence-corrected chi connectivity index (χ0v) is 19.3. The van der Waals surface area contributed by atoms with Crippen molar-refractivity contribution < 1.29 is 4.79 Å². The molecule has 0 bridgehead atoms. The van der Waals surface area contributed by atoms with E-state index in [2.05, 4.69) is 34.6 Å². The van der Waals surface area contributed by atoms with E-state index < -0.39 is 5.91 Å². The smallest absolute Gasteiger partial charge is 0.261 e. The zero-order valence-electron chi connectivity index (χ0n) is 19.3. The second-order valence-corrected chi connectivity index (χ2v) is 8.39. The summed E-state index contributed by atoms with van der Waals surface area (Å²) in [5.41, 5.74) is 6.87. The van der Waals surface area contributed by atoms with Gasteiger partial charge in [-0.05, 0) is 62.6 Å². The molecule has 2 aromatic carbocycles. The Morgan fingerprint density at radius 2 is 1.73 bits per heavy atom. The highest BCUT2D eigenvalue weighted by atomic mass is 16.2. The lowest BCUT2D eigenvalue weighted by atomic mass is 10.0. The van der Waals surface area contributed by atoms with Gasteiger partial charge in [0.1, 0.15) is 5.56 Å². The Kier molecular flexibility index (Phi) is 6.22. The molecule has 0 aliphatic heterocycles. The highest BCUT2D eigenvalue weighted by molar-refractivity contribution is 6.08. The average molecular weight is 438 g/mol. The van der Waals surface area contributed by atoms with Crippen molar-refractivity contribution in [3.8, 4) is 11.3 Å². The van der Waals surface area contributed by atoms with Crippen molar-refractivity contribution in [1.29, 1.82) is 0 Å². The first-order chi connectivity index (χ1) is 15.8. The molecule has 5 nitrogen and oxygen atoms in total. The lowest BCUT2D eigenvalue weighted by Gasteiger charge is -2.21. The molecule has 0 radical (unpaired) electrons. The van der Waals surface area contributed by atoms with E-state index in [1.807, 2.05) is 62.6 Å². The predicted molar refractivity (Wildman–Crippen MR) is 133 cm³/mol. The van der Waals surface area contributed by atoms with E-state index in [0.29, 0.717) is 17.9 Å². The summed E-state index contributed by atoms with van der Waals surface area (Å²) in [6, 6.07) is 19.2. The maximum atomic E-state index is 13.5. The van der Waals surface area contributed by atoms with Gasteiger partial charge in [-0.15, -0.1) is 0 Å². The lowest BCUT2D eigenvalue weighted by molar-refractivity contribution is 0.102. The van der Waals surface area contributed by atoms with Crippen LogP contribution >= 0.6 is 0 Å². The molecule has 0 unspecified atom stereocenters. The number of rotatable bonds is 5. The molecule has 166 valence electrons. The van der Waals surface area contributed by atoms with E-state index in [9.17, 15) is 9.59 Å². The van der Waals surface area contributed by atoms with E-state index in [1.54, 1.807) is 12.4 Å². The normalized spacial score (nSPS) is 10.8. The first-order valence-corrected chi connectivity index (χ1v) is 10.9. The molecule has 33 heavy (non-hydrogen) atoms. The molecule has 4 rings (SSSR count). The molecule has 2 heterocycles. The van der Waals surface area contributed by atoms with Crippen LogP contribution in [-0.2, 0) is 6.54 Å². The minimum Gasteiger partial charge on any atom is -0.340 e. The number of carbonyl (C=O) groups is 1. The SMILES string of the molecule is Cc1ccc(Cn2c(C)cc(=O)c(C(=O)Nc3cccc(C)c3C)c2-c2cccnc2)cc1. The van der Waals surface area contributed by atoms with E-state index in [-0.39, 0.29) is 11.0 Å². The van der Waals surface area contributed by atoms with E-state index in [4.69, 9.17) is 0 Å². The Labute approximate surface area is 193 Å². The minimum absolute atomic E-state index is 0.113. The summed E-state index contributed by atoms with van der Waals surface area (Å²) in [6.45, 7) is 8.41. The largest absolute Gasteiger partial charge is 0.340 e. The number of carbonyl (C=O) groups excluding carboxylic acids is 1. The third-order valence-corrected chi connectivity index (χ3v) is 6.00. The first-order valence-electron chi connectivity index (χ1n) is 10.9. The Bertz CT molecular complexity index is 1370. The summed E-state index contributed by atoms with van der Waals surface area (Å²) >= 11 is 0. The number of nitrogens with zero attached hydrogens (tertiary/aromatic N) is 2. The van der Waals surface area contributed by atoms with Crippen LogP contribution in [0.15, 0.2) is 77.9 Å². The second-order valence-electron chi connectivity index (χ2n) is 8.39. The van der Waals surface area contributed by atoms with Crippen molar-refractivity contribution in [2.75, 3.05) is 5.32 Å². The number of amides is 1. The number of hydrogen-bond donors (Lipinski definition) is 1. The highest BCUT2D eigenvalue weighted by Gasteiger charge is 2.22. The molecule has 0 fully saturated rings. The summed E-state index contributed by atoms with van der Waals surface area (Å²) in [4.78, 5) is 30.9. The monoisotopic (exact) mass is 437 g/mol. The fraction of sp³-hybridized carbons (Fsp3) is 0.179. The molecule has 2 aromatic heterocycles. The average Bonchev–Trinajstić information content (AvgIpc) is 2.80. The third-order valence-electron chi connectivity index (χ3n) is 6.00. The van der Waals surface area contributed by atoms with Gasteiger partial charge < -0.3 is 9.88 Å². The van der Waals surface area contributed by atoms with Gasteiger partial charge in [-0.25, -0.2) is 0 Å². The quantitative estimate of drug-likeness (QED) is 0.452. The second kappa shape index (κ2) is 9.25. The molecule has 0 atom stereocenters. The summed E-state index contributed by atoms with van der Waals surface area (Å²) < 4.78 is 2.01. The van der Waals surface area contributed by atoms with E-state index >= 15 is 0 Å². The van der Waals surface area contributed by atoms with Crippen LogP contribution < -0.4 is 10.7 Å². The van der Waals surface area contributed by atoms with Crippen LogP contribution in [0.1, 0.15) is 38.3 Å². The van der Waals surface area contributed by atoms with Crippen LogP contribution in [0.5, 0.6) is 0 Å². The fourth-order valence-electron chi connectivity index (χ4n) is 3.94. The number of hydrogen-bond acceptors (Lipinski definition) is 3. The maximum Gasteiger partial charge on any atom is 0.261 e. The van der Waals surface area contributed by atoms with Crippen molar-refractivity contribution in [2.45, 2.75) is 34.2 Å². The van der Waals surface area contributed by atoms with Crippen LogP contribution in [0.25, 0.3) is 11.3 Å². The lowest BCUT2D eigenvalue weighted by Crippen LogP contribution is -2.27. The van der Waals surface area contributed by atoms with Crippen LogP contribution in [0, 0.1) is 27.7 Å². The standard InChI is InChI=1S/C28H27N3O2/c1-18-10-12-22(13-11-18)17-31-20(3)15-25(32)26(27(31)23-8-6-14-29-16-23)28(33)30-24-9-5-7-19(2)21(24)4/h5-16H,17H2,1-4H3,(H,30,33). The molecular weight excluding hydrogens is 410 g/mol.